The van der Waals surface area contributed by atoms with Crippen molar-refractivity contribution in [2.45, 2.75) is 33.2 Å². The number of carbonyl (C=O) groups is 2. The first kappa shape index (κ1) is 19.3. The van der Waals surface area contributed by atoms with Gasteiger partial charge >= 0.3 is 0 Å². The van der Waals surface area contributed by atoms with Gasteiger partial charge in [-0.25, -0.2) is 0 Å². The molecule has 0 aliphatic rings. The quantitative estimate of drug-likeness (QED) is 0.653. The average Bonchev–Trinajstić information content (AvgIpc) is 3.18. The number of hydrogen-bond acceptors (Lipinski definition) is 5. The topological polar surface area (TPSA) is 97.1 Å². The van der Waals surface area contributed by atoms with Gasteiger partial charge in [0.15, 0.2) is 0 Å². The van der Waals surface area contributed by atoms with E-state index in [1.54, 1.807) is 18.2 Å². The summed E-state index contributed by atoms with van der Waals surface area (Å²) in [7, 11) is 0. The number of benzene rings is 2. The zero-order valence-electron chi connectivity index (χ0n) is 15.9. The van der Waals surface area contributed by atoms with E-state index in [4.69, 9.17) is 4.42 Å². The van der Waals surface area contributed by atoms with Crippen molar-refractivity contribution in [3.8, 4) is 11.5 Å². The SMILES string of the molecule is CCCC(=O)Nc1cc(C(=O)NCc2nnc(-c3ccccc3)o2)ccc1C. The maximum absolute atomic E-state index is 12.5. The van der Waals surface area contributed by atoms with Gasteiger partial charge in [-0.1, -0.05) is 31.2 Å². The van der Waals surface area contributed by atoms with E-state index in [1.807, 2.05) is 44.2 Å². The lowest BCUT2D eigenvalue weighted by atomic mass is 10.1. The number of carbonyl (C=O) groups excluding carboxylic acids is 2. The Morgan fingerprint density at radius 1 is 1.07 bits per heavy atom. The predicted molar refractivity (Wildman–Crippen MR) is 106 cm³/mol. The predicted octanol–water partition coefficient (Wildman–Crippen LogP) is 3.71. The summed E-state index contributed by atoms with van der Waals surface area (Å²) in [5.74, 6) is 0.366. The van der Waals surface area contributed by atoms with Gasteiger partial charge in [0.2, 0.25) is 17.7 Å². The first-order valence-corrected chi connectivity index (χ1v) is 9.13. The first-order chi connectivity index (χ1) is 13.6. The maximum Gasteiger partial charge on any atom is 0.251 e. The Balaban J connectivity index is 1.64. The molecule has 0 aliphatic heterocycles. The Morgan fingerprint density at radius 3 is 2.61 bits per heavy atom. The minimum atomic E-state index is -0.287. The van der Waals surface area contributed by atoms with Crippen molar-refractivity contribution >= 4 is 17.5 Å². The summed E-state index contributed by atoms with van der Waals surface area (Å²) in [6, 6.07) is 14.6. The largest absolute Gasteiger partial charge is 0.419 e. The van der Waals surface area contributed by atoms with Crippen LogP contribution in [0.1, 0.15) is 41.6 Å². The van der Waals surface area contributed by atoms with Crippen molar-refractivity contribution in [2.75, 3.05) is 5.32 Å². The Labute approximate surface area is 163 Å². The van der Waals surface area contributed by atoms with Crippen LogP contribution in [0.25, 0.3) is 11.5 Å². The van der Waals surface area contributed by atoms with E-state index in [-0.39, 0.29) is 18.4 Å². The third-order valence-corrected chi connectivity index (χ3v) is 4.14. The molecule has 144 valence electrons. The zero-order valence-corrected chi connectivity index (χ0v) is 15.9. The Morgan fingerprint density at radius 2 is 1.86 bits per heavy atom. The summed E-state index contributed by atoms with van der Waals surface area (Å²) < 4.78 is 5.58. The highest BCUT2D eigenvalue weighted by Crippen LogP contribution is 2.19. The molecule has 3 rings (SSSR count). The highest BCUT2D eigenvalue weighted by Gasteiger charge is 2.12. The molecule has 7 heteroatoms. The molecule has 2 amide bonds. The number of nitrogens with one attached hydrogen (secondary N) is 2. The van der Waals surface area contributed by atoms with Crippen molar-refractivity contribution in [3.05, 3.63) is 65.5 Å². The molecule has 0 fully saturated rings. The minimum Gasteiger partial charge on any atom is -0.419 e. The highest BCUT2D eigenvalue weighted by molar-refractivity contribution is 5.97. The van der Waals surface area contributed by atoms with Crippen molar-refractivity contribution in [1.82, 2.24) is 15.5 Å². The summed E-state index contributed by atoms with van der Waals surface area (Å²) >= 11 is 0. The molecule has 0 spiro atoms. The van der Waals surface area contributed by atoms with Crippen molar-refractivity contribution in [2.24, 2.45) is 0 Å². The van der Waals surface area contributed by atoms with E-state index in [0.717, 1.165) is 17.5 Å². The molecule has 0 saturated heterocycles. The lowest BCUT2D eigenvalue weighted by Crippen LogP contribution is -2.23. The van der Waals surface area contributed by atoms with Crippen LogP contribution in [0.4, 0.5) is 5.69 Å². The Kier molecular flexibility index (Phi) is 6.16. The molecule has 0 unspecified atom stereocenters. The number of hydrogen-bond donors (Lipinski definition) is 2. The normalized spacial score (nSPS) is 10.5. The average molecular weight is 378 g/mol. The lowest BCUT2D eigenvalue weighted by molar-refractivity contribution is -0.116. The fourth-order valence-corrected chi connectivity index (χ4v) is 2.62. The van der Waals surface area contributed by atoms with E-state index in [0.29, 0.717) is 29.5 Å². The van der Waals surface area contributed by atoms with Crippen LogP contribution in [0.3, 0.4) is 0 Å². The second-order valence-corrected chi connectivity index (χ2v) is 6.38. The molecule has 2 N–H and O–H groups in total. The van der Waals surface area contributed by atoms with Gasteiger partial charge in [-0.05, 0) is 43.2 Å². The fraction of sp³-hybridized carbons (Fsp3) is 0.238. The summed E-state index contributed by atoms with van der Waals surface area (Å²) in [6.07, 6.45) is 1.21. The van der Waals surface area contributed by atoms with Crippen LogP contribution in [0.5, 0.6) is 0 Å². The van der Waals surface area contributed by atoms with Crippen molar-refractivity contribution < 1.29 is 14.0 Å². The fourth-order valence-electron chi connectivity index (χ4n) is 2.62. The van der Waals surface area contributed by atoms with E-state index in [9.17, 15) is 9.59 Å². The van der Waals surface area contributed by atoms with Crippen LogP contribution in [0.2, 0.25) is 0 Å². The minimum absolute atomic E-state index is 0.0672. The molecule has 0 atom stereocenters. The molecule has 0 saturated carbocycles. The van der Waals surface area contributed by atoms with Gasteiger partial charge in [0.1, 0.15) is 0 Å². The summed E-state index contributed by atoms with van der Waals surface area (Å²) in [4.78, 5) is 24.3. The monoisotopic (exact) mass is 378 g/mol. The lowest BCUT2D eigenvalue weighted by Gasteiger charge is -2.10. The molecule has 0 bridgehead atoms. The second kappa shape index (κ2) is 8.94. The van der Waals surface area contributed by atoms with Gasteiger partial charge in [0.05, 0.1) is 6.54 Å². The zero-order chi connectivity index (χ0) is 19.9. The number of rotatable bonds is 7. The first-order valence-electron chi connectivity index (χ1n) is 9.13. The smallest absolute Gasteiger partial charge is 0.251 e. The molecular weight excluding hydrogens is 356 g/mol. The number of nitrogens with zero attached hydrogens (tertiary/aromatic N) is 2. The van der Waals surface area contributed by atoms with Gasteiger partial charge in [-0.15, -0.1) is 10.2 Å². The molecular formula is C21H22N4O3. The third-order valence-electron chi connectivity index (χ3n) is 4.14. The van der Waals surface area contributed by atoms with Crippen LogP contribution >= 0.6 is 0 Å². The van der Waals surface area contributed by atoms with Gasteiger partial charge in [-0.2, -0.15) is 0 Å². The number of amides is 2. The van der Waals surface area contributed by atoms with Crippen LogP contribution in [-0.2, 0) is 11.3 Å². The highest BCUT2D eigenvalue weighted by atomic mass is 16.4. The van der Waals surface area contributed by atoms with Gasteiger partial charge in [0, 0.05) is 23.2 Å². The van der Waals surface area contributed by atoms with Crippen LogP contribution in [-0.4, -0.2) is 22.0 Å². The standard InChI is InChI=1S/C21H22N4O3/c1-3-7-18(26)23-17-12-16(11-10-14(17)2)20(27)22-13-19-24-25-21(28-19)15-8-5-4-6-9-15/h4-6,8-12H,3,7,13H2,1-2H3,(H,22,27)(H,23,26). The summed E-state index contributed by atoms with van der Waals surface area (Å²) in [5.41, 5.74) is 2.79. The molecule has 0 aliphatic carbocycles. The number of aromatic nitrogens is 2. The third kappa shape index (κ3) is 4.82. The van der Waals surface area contributed by atoms with Gasteiger partial charge < -0.3 is 15.1 Å². The molecule has 3 aromatic rings. The van der Waals surface area contributed by atoms with Crippen LogP contribution in [0, 0.1) is 6.92 Å². The maximum atomic E-state index is 12.5. The molecule has 1 heterocycles. The Hall–Kier alpha value is -3.48. The van der Waals surface area contributed by atoms with Gasteiger partial charge in [0.25, 0.3) is 5.91 Å². The number of aryl methyl sites for hydroxylation is 1. The van der Waals surface area contributed by atoms with Crippen LogP contribution in [0.15, 0.2) is 52.9 Å². The second-order valence-electron chi connectivity index (χ2n) is 6.38. The van der Waals surface area contributed by atoms with E-state index in [1.165, 1.54) is 0 Å². The van der Waals surface area contributed by atoms with E-state index < -0.39 is 0 Å². The van der Waals surface area contributed by atoms with Gasteiger partial charge in [-0.3, -0.25) is 9.59 Å². The van der Waals surface area contributed by atoms with Crippen molar-refractivity contribution in [3.63, 3.8) is 0 Å². The molecule has 28 heavy (non-hydrogen) atoms. The molecule has 2 aromatic carbocycles. The van der Waals surface area contributed by atoms with Crippen molar-refractivity contribution in [1.29, 1.82) is 0 Å². The molecule has 0 radical (unpaired) electrons. The summed E-state index contributed by atoms with van der Waals surface area (Å²) in [6.45, 7) is 3.94. The van der Waals surface area contributed by atoms with Crippen LogP contribution < -0.4 is 10.6 Å². The van der Waals surface area contributed by atoms with E-state index >= 15 is 0 Å². The van der Waals surface area contributed by atoms with E-state index in [2.05, 4.69) is 20.8 Å². The molecule has 7 nitrogen and oxygen atoms in total. The number of anilines is 1. The molecule has 1 aromatic heterocycles. The summed E-state index contributed by atoms with van der Waals surface area (Å²) in [5, 5.41) is 13.6. The Bertz CT molecular complexity index is 967.